The molecule has 1 fully saturated rings. The number of rotatable bonds is 9. The van der Waals surface area contributed by atoms with Gasteiger partial charge in [0.1, 0.15) is 0 Å². The van der Waals surface area contributed by atoms with Gasteiger partial charge in [0, 0.05) is 19.1 Å². The van der Waals surface area contributed by atoms with Gasteiger partial charge < -0.3 is 10.1 Å². The molecule has 1 unspecified atom stereocenters. The van der Waals surface area contributed by atoms with Gasteiger partial charge >= 0.3 is 0 Å². The monoisotopic (exact) mass is 306 g/mol. The van der Waals surface area contributed by atoms with Crippen molar-refractivity contribution in [2.24, 2.45) is 0 Å². The Bertz CT molecular complexity index is 351. The zero-order valence-corrected chi connectivity index (χ0v) is 13.9. The molecule has 1 atom stereocenters. The highest BCUT2D eigenvalue weighted by molar-refractivity contribution is 7.89. The van der Waals surface area contributed by atoms with Crippen LogP contribution in [0.2, 0.25) is 0 Å². The first kappa shape index (κ1) is 17.9. The molecule has 0 amide bonds. The molecule has 1 heterocycles. The Hall–Kier alpha value is -0.170. The zero-order chi connectivity index (χ0) is 15.0. The first-order valence-electron chi connectivity index (χ1n) is 7.78. The van der Waals surface area contributed by atoms with Crippen LogP contribution in [0, 0.1) is 0 Å². The van der Waals surface area contributed by atoms with Gasteiger partial charge in [-0.25, -0.2) is 12.7 Å². The molecule has 0 spiro atoms. The maximum Gasteiger partial charge on any atom is 0.216 e. The Balaban J connectivity index is 2.53. The molecule has 1 saturated heterocycles. The molecule has 1 N–H and O–H groups in total. The molecule has 0 radical (unpaired) electrons. The molecule has 0 aromatic heterocycles. The van der Waals surface area contributed by atoms with Crippen molar-refractivity contribution in [1.82, 2.24) is 9.62 Å². The minimum Gasteiger partial charge on any atom is -0.378 e. The van der Waals surface area contributed by atoms with E-state index in [1.165, 1.54) is 12.8 Å². The van der Waals surface area contributed by atoms with Crippen LogP contribution in [-0.4, -0.2) is 56.9 Å². The summed E-state index contributed by atoms with van der Waals surface area (Å²) >= 11 is 0. The van der Waals surface area contributed by atoms with Crippen molar-refractivity contribution in [3.05, 3.63) is 0 Å². The highest BCUT2D eigenvalue weighted by Crippen LogP contribution is 2.12. The summed E-state index contributed by atoms with van der Waals surface area (Å²) < 4.78 is 31.8. The fourth-order valence-electron chi connectivity index (χ4n) is 2.44. The lowest BCUT2D eigenvalue weighted by Gasteiger charge is -2.30. The summed E-state index contributed by atoms with van der Waals surface area (Å²) in [6, 6.07) is 0.302. The fourth-order valence-corrected chi connectivity index (χ4v) is 3.87. The third-order valence-corrected chi connectivity index (χ3v) is 5.30. The predicted molar refractivity (Wildman–Crippen MR) is 82.4 cm³/mol. The van der Waals surface area contributed by atoms with Crippen LogP contribution >= 0.6 is 0 Å². The second-order valence-electron chi connectivity index (χ2n) is 5.74. The smallest absolute Gasteiger partial charge is 0.216 e. The lowest BCUT2D eigenvalue weighted by molar-refractivity contribution is 0.0906. The first-order chi connectivity index (χ1) is 9.45. The first-order valence-corrected chi connectivity index (χ1v) is 9.39. The molecule has 1 aliphatic heterocycles. The van der Waals surface area contributed by atoms with Gasteiger partial charge in [-0.2, -0.15) is 0 Å². The molecule has 120 valence electrons. The van der Waals surface area contributed by atoms with Gasteiger partial charge in [-0.1, -0.05) is 13.3 Å². The zero-order valence-electron chi connectivity index (χ0n) is 13.1. The molecule has 1 rings (SSSR count). The summed E-state index contributed by atoms with van der Waals surface area (Å²) in [5.74, 6) is 0.0813. The average molecular weight is 306 g/mol. The van der Waals surface area contributed by atoms with E-state index < -0.39 is 10.0 Å². The number of nitrogens with one attached hydrogen (secondary N) is 1. The van der Waals surface area contributed by atoms with E-state index in [-0.39, 0.29) is 18.5 Å². The van der Waals surface area contributed by atoms with Gasteiger partial charge in [0.2, 0.25) is 10.0 Å². The van der Waals surface area contributed by atoms with Crippen LogP contribution in [0.1, 0.15) is 46.5 Å². The van der Waals surface area contributed by atoms with Crippen LogP contribution in [0.3, 0.4) is 0 Å². The van der Waals surface area contributed by atoms with Gasteiger partial charge in [-0.15, -0.1) is 0 Å². The van der Waals surface area contributed by atoms with Gasteiger partial charge in [-0.3, -0.25) is 0 Å². The third-order valence-electron chi connectivity index (χ3n) is 3.50. The molecule has 0 bridgehead atoms. The van der Waals surface area contributed by atoms with E-state index in [1.807, 2.05) is 20.8 Å². The van der Waals surface area contributed by atoms with Crippen molar-refractivity contribution in [2.75, 3.05) is 32.0 Å². The number of piperidine rings is 1. The maximum atomic E-state index is 12.4. The number of hydrogen-bond donors (Lipinski definition) is 1. The van der Waals surface area contributed by atoms with E-state index in [1.54, 1.807) is 4.31 Å². The van der Waals surface area contributed by atoms with Crippen LogP contribution in [0.15, 0.2) is 0 Å². The minimum atomic E-state index is -3.21. The topological polar surface area (TPSA) is 58.6 Å². The van der Waals surface area contributed by atoms with Crippen molar-refractivity contribution in [2.45, 2.75) is 58.6 Å². The van der Waals surface area contributed by atoms with Crippen LogP contribution in [-0.2, 0) is 14.8 Å². The molecule has 6 heteroatoms. The summed E-state index contributed by atoms with van der Waals surface area (Å²) in [4.78, 5) is 0. The van der Waals surface area contributed by atoms with E-state index in [0.29, 0.717) is 19.1 Å². The lowest BCUT2D eigenvalue weighted by Crippen LogP contribution is -2.47. The van der Waals surface area contributed by atoms with E-state index in [2.05, 4.69) is 5.32 Å². The molecular weight excluding hydrogens is 276 g/mol. The van der Waals surface area contributed by atoms with Crippen LogP contribution in [0.4, 0.5) is 0 Å². The van der Waals surface area contributed by atoms with Gasteiger partial charge in [-0.05, 0) is 39.7 Å². The summed E-state index contributed by atoms with van der Waals surface area (Å²) in [5, 5.41) is 3.42. The lowest BCUT2D eigenvalue weighted by atomic mass is 10.1. The van der Waals surface area contributed by atoms with E-state index in [4.69, 9.17) is 4.74 Å². The SMILES string of the molecule is CCCN(CC1CCCCN1)S(=O)(=O)CCOC(C)C. The molecule has 0 aliphatic carbocycles. The van der Waals surface area contributed by atoms with E-state index >= 15 is 0 Å². The van der Waals surface area contributed by atoms with Crippen molar-refractivity contribution in [1.29, 1.82) is 0 Å². The molecular formula is C14H30N2O3S. The second kappa shape index (κ2) is 8.97. The second-order valence-corrected chi connectivity index (χ2v) is 7.83. The normalized spacial score (nSPS) is 20.8. The molecule has 1 aliphatic rings. The predicted octanol–water partition coefficient (Wildman–Crippen LogP) is 1.60. The quantitative estimate of drug-likeness (QED) is 0.703. The van der Waals surface area contributed by atoms with Gasteiger partial charge in [0.25, 0.3) is 0 Å². The Morgan fingerprint density at radius 2 is 2.10 bits per heavy atom. The van der Waals surface area contributed by atoms with Crippen molar-refractivity contribution >= 4 is 10.0 Å². The fraction of sp³-hybridized carbons (Fsp3) is 1.00. The van der Waals surface area contributed by atoms with Crippen LogP contribution in [0.25, 0.3) is 0 Å². The molecule has 0 saturated carbocycles. The summed E-state index contributed by atoms with van der Waals surface area (Å²) in [7, 11) is -3.21. The van der Waals surface area contributed by atoms with E-state index in [9.17, 15) is 8.42 Å². The van der Waals surface area contributed by atoms with E-state index in [0.717, 1.165) is 19.4 Å². The maximum absolute atomic E-state index is 12.4. The van der Waals surface area contributed by atoms with Gasteiger partial charge in [0.15, 0.2) is 0 Å². The molecule has 0 aromatic carbocycles. The standard InChI is InChI=1S/C14H30N2O3S/c1-4-9-16(12-14-7-5-6-8-15-14)20(17,18)11-10-19-13(2)3/h13-15H,4-12H2,1-3H3. The average Bonchev–Trinajstić information content (AvgIpc) is 2.38. The van der Waals surface area contributed by atoms with Crippen LogP contribution < -0.4 is 5.32 Å². The Kier molecular flexibility index (Phi) is 8.02. The molecule has 0 aromatic rings. The largest absolute Gasteiger partial charge is 0.378 e. The number of hydrogen-bond acceptors (Lipinski definition) is 4. The summed E-state index contributed by atoms with van der Waals surface area (Å²) in [6.07, 6.45) is 4.37. The molecule has 5 nitrogen and oxygen atoms in total. The Morgan fingerprint density at radius 3 is 2.65 bits per heavy atom. The number of sulfonamides is 1. The Morgan fingerprint density at radius 1 is 1.35 bits per heavy atom. The highest BCUT2D eigenvalue weighted by atomic mass is 32.2. The Labute approximate surface area is 124 Å². The summed E-state index contributed by atoms with van der Waals surface area (Å²) in [6.45, 7) is 8.33. The molecule has 20 heavy (non-hydrogen) atoms. The number of ether oxygens (including phenoxy) is 1. The summed E-state index contributed by atoms with van der Waals surface area (Å²) in [5.41, 5.74) is 0. The van der Waals surface area contributed by atoms with Crippen molar-refractivity contribution in [3.8, 4) is 0 Å². The highest BCUT2D eigenvalue weighted by Gasteiger charge is 2.25. The van der Waals surface area contributed by atoms with Crippen molar-refractivity contribution in [3.63, 3.8) is 0 Å². The minimum absolute atomic E-state index is 0.0739. The third kappa shape index (κ3) is 6.52. The van der Waals surface area contributed by atoms with Gasteiger partial charge in [0.05, 0.1) is 18.5 Å². The van der Waals surface area contributed by atoms with Crippen molar-refractivity contribution < 1.29 is 13.2 Å². The number of nitrogens with zero attached hydrogens (tertiary/aromatic N) is 1. The van der Waals surface area contributed by atoms with Crippen LogP contribution in [0.5, 0.6) is 0 Å².